The van der Waals surface area contributed by atoms with Crippen molar-refractivity contribution >= 4 is 11.3 Å². The highest BCUT2D eigenvalue weighted by atomic mass is 32.1. The van der Waals surface area contributed by atoms with Gasteiger partial charge in [-0.3, -0.25) is 0 Å². The highest BCUT2D eigenvalue weighted by Crippen LogP contribution is 2.37. The lowest BCUT2D eigenvalue weighted by atomic mass is 9.91. The molecule has 0 saturated heterocycles. The van der Waals surface area contributed by atoms with E-state index >= 15 is 0 Å². The van der Waals surface area contributed by atoms with Gasteiger partial charge in [-0.05, 0) is 39.2 Å². The zero-order valence-electron chi connectivity index (χ0n) is 13.0. The molecule has 0 saturated carbocycles. The Morgan fingerprint density at radius 2 is 2.10 bits per heavy atom. The van der Waals surface area contributed by atoms with Crippen molar-refractivity contribution in [2.75, 3.05) is 13.1 Å². The second kappa shape index (κ2) is 6.71. The molecule has 0 spiro atoms. The van der Waals surface area contributed by atoms with Gasteiger partial charge < -0.3 is 5.32 Å². The zero-order valence-corrected chi connectivity index (χ0v) is 13.8. The normalized spacial score (nSPS) is 17.7. The van der Waals surface area contributed by atoms with Gasteiger partial charge >= 0.3 is 0 Å². The average molecular weight is 300 g/mol. The number of hydrogen-bond acceptors (Lipinski definition) is 3. The number of nitrogens with zero attached hydrogens (tertiary/aromatic N) is 1. The van der Waals surface area contributed by atoms with Crippen LogP contribution in [0, 0.1) is 6.92 Å². The summed E-state index contributed by atoms with van der Waals surface area (Å²) < 4.78 is 0. The van der Waals surface area contributed by atoms with E-state index in [4.69, 9.17) is 4.98 Å². The molecule has 1 aromatic carbocycles. The molecule has 0 radical (unpaired) electrons. The first-order valence-corrected chi connectivity index (χ1v) is 8.87. The number of rotatable bonds is 5. The number of fused-ring (bicyclic) bond motifs is 1. The fourth-order valence-corrected chi connectivity index (χ4v) is 4.17. The molecule has 2 nitrogen and oxygen atoms in total. The Balaban J connectivity index is 1.82. The standard InChI is InChI=1S/C18H24N2S/c1-3-11-19-12-15-5-4-6-16-17(15)20-18(21-16)14-9-7-13(2)8-10-14/h7-10,15,19H,3-6,11-12H2,1-2H3. The van der Waals surface area contributed by atoms with Gasteiger partial charge in [0.2, 0.25) is 0 Å². The summed E-state index contributed by atoms with van der Waals surface area (Å²) in [5.41, 5.74) is 3.94. The largest absolute Gasteiger partial charge is 0.316 e. The zero-order chi connectivity index (χ0) is 14.7. The third-order valence-electron chi connectivity index (χ3n) is 4.19. The molecule has 3 heteroatoms. The summed E-state index contributed by atoms with van der Waals surface area (Å²) in [5.74, 6) is 0.607. The minimum atomic E-state index is 0.607. The van der Waals surface area contributed by atoms with E-state index in [1.165, 1.54) is 52.4 Å². The molecule has 3 rings (SSSR count). The molecule has 112 valence electrons. The lowest BCUT2D eigenvalue weighted by molar-refractivity contribution is 0.502. The number of thiazole rings is 1. The van der Waals surface area contributed by atoms with Crippen LogP contribution >= 0.6 is 11.3 Å². The second-order valence-electron chi connectivity index (χ2n) is 5.99. The van der Waals surface area contributed by atoms with E-state index in [0.717, 1.165) is 13.1 Å². The fraction of sp³-hybridized carbons (Fsp3) is 0.500. The molecule has 1 N–H and O–H groups in total. The second-order valence-corrected chi connectivity index (χ2v) is 7.07. The van der Waals surface area contributed by atoms with Gasteiger partial charge in [0.05, 0.1) is 5.69 Å². The quantitative estimate of drug-likeness (QED) is 0.820. The van der Waals surface area contributed by atoms with Crippen LogP contribution in [0.1, 0.15) is 48.2 Å². The van der Waals surface area contributed by atoms with E-state index < -0.39 is 0 Å². The highest BCUT2D eigenvalue weighted by molar-refractivity contribution is 7.15. The lowest BCUT2D eigenvalue weighted by Crippen LogP contribution is -2.24. The number of hydrogen-bond donors (Lipinski definition) is 1. The van der Waals surface area contributed by atoms with Gasteiger partial charge in [-0.15, -0.1) is 11.3 Å². The van der Waals surface area contributed by atoms with E-state index in [-0.39, 0.29) is 0 Å². The van der Waals surface area contributed by atoms with Crippen LogP contribution in [-0.2, 0) is 6.42 Å². The molecule has 1 unspecified atom stereocenters. The van der Waals surface area contributed by atoms with Crippen LogP contribution in [0.4, 0.5) is 0 Å². The average Bonchev–Trinajstić information content (AvgIpc) is 2.93. The molecule has 1 aromatic heterocycles. The van der Waals surface area contributed by atoms with Gasteiger partial charge in [0, 0.05) is 22.9 Å². The maximum atomic E-state index is 4.99. The van der Waals surface area contributed by atoms with Crippen molar-refractivity contribution < 1.29 is 0 Å². The Hall–Kier alpha value is -1.19. The molecule has 0 bridgehead atoms. The molecule has 1 aliphatic carbocycles. The van der Waals surface area contributed by atoms with E-state index in [2.05, 4.69) is 43.4 Å². The Kier molecular flexibility index (Phi) is 4.71. The van der Waals surface area contributed by atoms with Crippen molar-refractivity contribution in [2.45, 2.75) is 45.4 Å². The Labute approximate surface area is 131 Å². The Morgan fingerprint density at radius 1 is 1.29 bits per heavy atom. The van der Waals surface area contributed by atoms with Crippen molar-refractivity contribution in [2.24, 2.45) is 0 Å². The van der Waals surface area contributed by atoms with Crippen molar-refractivity contribution in [3.8, 4) is 10.6 Å². The van der Waals surface area contributed by atoms with Crippen LogP contribution in [-0.4, -0.2) is 18.1 Å². The van der Waals surface area contributed by atoms with Crippen LogP contribution in [0.2, 0.25) is 0 Å². The number of benzene rings is 1. The molecule has 21 heavy (non-hydrogen) atoms. The van der Waals surface area contributed by atoms with Gasteiger partial charge in [0.1, 0.15) is 5.01 Å². The monoisotopic (exact) mass is 300 g/mol. The number of aryl methyl sites for hydroxylation is 2. The van der Waals surface area contributed by atoms with Gasteiger partial charge in [-0.2, -0.15) is 0 Å². The first-order valence-electron chi connectivity index (χ1n) is 8.05. The summed E-state index contributed by atoms with van der Waals surface area (Å²) in [7, 11) is 0. The van der Waals surface area contributed by atoms with Crippen LogP contribution in [0.3, 0.4) is 0 Å². The van der Waals surface area contributed by atoms with Crippen molar-refractivity contribution in [1.29, 1.82) is 0 Å². The smallest absolute Gasteiger partial charge is 0.123 e. The molecule has 1 aliphatic rings. The van der Waals surface area contributed by atoms with E-state index in [1.807, 2.05) is 11.3 Å². The first kappa shape index (κ1) is 14.7. The Bertz CT molecular complexity index is 586. The van der Waals surface area contributed by atoms with E-state index in [9.17, 15) is 0 Å². The first-order chi connectivity index (χ1) is 10.3. The van der Waals surface area contributed by atoms with Gasteiger partial charge in [0.15, 0.2) is 0 Å². The van der Waals surface area contributed by atoms with E-state index in [1.54, 1.807) is 0 Å². The van der Waals surface area contributed by atoms with Crippen molar-refractivity contribution in [1.82, 2.24) is 10.3 Å². The summed E-state index contributed by atoms with van der Waals surface area (Å²) in [6.07, 6.45) is 5.00. The molecule has 0 fully saturated rings. The summed E-state index contributed by atoms with van der Waals surface area (Å²) in [6, 6.07) is 8.75. The van der Waals surface area contributed by atoms with Crippen LogP contribution in [0.15, 0.2) is 24.3 Å². The summed E-state index contributed by atoms with van der Waals surface area (Å²) >= 11 is 1.90. The maximum absolute atomic E-state index is 4.99. The minimum absolute atomic E-state index is 0.607. The fourth-order valence-electron chi connectivity index (χ4n) is 2.98. The third kappa shape index (κ3) is 3.35. The lowest BCUT2D eigenvalue weighted by Gasteiger charge is -2.21. The SMILES string of the molecule is CCCNCC1CCCc2sc(-c3ccc(C)cc3)nc21. The minimum Gasteiger partial charge on any atom is -0.316 e. The van der Waals surface area contributed by atoms with Gasteiger partial charge in [-0.1, -0.05) is 36.8 Å². The number of aromatic nitrogens is 1. The van der Waals surface area contributed by atoms with Gasteiger partial charge in [-0.25, -0.2) is 4.98 Å². The molecule has 2 aromatic rings. The summed E-state index contributed by atoms with van der Waals surface area (Å²) in [5, 5.41) is 4.76. The number of nitrogens with one attached hydrogen (secondary N) is 1. The van der Waals surface area contributed by atoms with E-state index in [0.29, 0.717) is 5.92 Å². The highest BCUT2D eigenvalue weighted by Gasteiger charge is 2.24. The maximum Gasteiger partial charge on any atom is 0.123 e. The van der Waals surface area contributed by atoms with Crippen LogP contribution in [0.5, 0.6) is 0 Å². The molecular weight excluding hydrogens is 276 g/mol. The predicted octanol–water partition coefficient (Wildman–Crippen LogP) is 4.54. The summed E-state index contributed by atoms with van der Waals surface area (Å²) in [6.45, 7) is 6.54. The van der Waals surface area contributed by atoms with Gasteiger partial charge in [0.25, 0.3) is 0 Å². The third-order valence-corrected chi connectivity index (χ3v) is 5.37. The molecule has 0 amide bonds. The Morgan fingerprint density at radius 3 is 2.86 bits per heavy atom. The predicted molar refractivity (Wildman–Crippen MR) is 91.1 cm³/mol. The topological polar surface area (TPSA) is 24.9 Å². The van der Waals surface area contributed by atoms with Crippen molar-refractivity contribution in [3.63, 3.8) is 0 Å². The molecule has 1 heterocycles. The molecular formula is C18H24N2S. The molecule has 0 aliphatic heterocycles. The van der Waals surface area contributed by atoms with Crippen LogP contribution < -0.4 is 5.32 Å². The van der Waals surface area contributed by atoms with Crippen LogP contribution in [0.25, 0.3) is 10.6 Å². The summed E-state index contributed by atoms with van der Waals surface area (Å²) in [4.78, 5) is 6.50. The van der Waals surface area contributed by atoms with Crippen molar-refractivity contribution in [3.05, 3.63) is 40.4 Å². The molecule has 1 atom stereocenters.